The second-order valence-corrected chi connectivity index (χ2v) is 5.95. The summed E-state index contributed by atoms with van der Waals surface area (Å²) in [6.07, 6.45) is -6.14. The molecule has 0 spiro atoms. The molecule has 108 valence electrons. The first-order valence-electron chi connectivity index (χ1n) is 4.02. The van der Waals surface area contributed by atoms with Crippen molar-refractivity contribution >= 4 is 0 Å². The van der Waals surface area contributed by atoms with Gasteiger partial charge in [-0.25, -0.2) is 13.2 Å². The number of alkyl halides is 6. The Labute approximate surface area is 108 Å². The van der Waals surface area contributed by atoms with Crippen LogP contribution in [0.3, 0.4) is 0 Å². The van der Waals surface area contributed by atoms with Crippen LogP contribution in [0.5, 0.6) is 0 Å². The fourth-order valence-electron chi connectivity index (χ4n) is 0.833. The van der Waals surface area contributed by atoms with E-state index in [0.29, 0.717) is 0 Å². The Morgan fingerprint density at radius 1 is 0.579 bits per heavy atom. The molecule has 1 aromatic carbocycles. The van der Waals surface area contributed by atoms with Gasteiger partial charge in [0.2, 0.25) is 29.1 Å². The molecule has 0 heterocycles. The Morgan fingerprint density at radius 2 is 0.895 bits per heavy atom. The van der Waals surface area contributed by atoms with Crippen molar-refractivity contribution in [2.75, 3.05) is 0 Å². The number of halogens is 11. The number of rotatable bonds is 2. The average molecular weight is 413 g/mol. The summed E-state index contributed by atoms with van der Waals surface area (Å²) in [5, 5.41) is 0. The quantitative estimate of drug-likeness (QED) is 0.221. The van der Waals surface area contributed by atoms with Crippen LogP contribution in [-0.2, 0) is 0 Å². The maximum absolute atomic E-state index is 12.9. The lowest BCUT2D eigenvalue weighted by atomic mass is 10.3. The van der Waals surface area contributed by atoms with E-state index in [1.807, 2.05) is 0 Å². The highest BCUT2D eigenvalue weighted by molar-refractivity contribution is 5.12. The summed E-state index contributed by atoms with van der Waals surface area (Å²) in [5.74, 6) is -13.1. The molecule has 0 saturated heterocycles. The Bertz CT molecular complexity index is 476. The zero-order valence-corrected chi connectivity index (χ0v) is 10.3. The summed E-state index contributed by atoms with van der Waals surface area (Å²) in [4.78, 5) is 0. The van der Waals surface area contributed by atoms with Gasteiger partial charge in [-0.05, 0) is 0 Å². The predicted octanol–water partition coefficient (Wildman–Crippen LogP) is 0.796. The van der Waals surface area contributed by atoms with Gasteiger partial charge in [-0.2, -0.15) is 22.0 Å². The minimum absolute atomic E-state index is 2.11. The van der Waals surface area contributed by atoms with Crippen molar-refractivity contribution < 1.29 is 65.1 Å². The van der Waals surface area contributed by atoms with Crippen LogP contribution in [0.4, 0.5) is 43.9 Å². The Balaban J connectivity index is 3.39. The van der Waals surface area contributed by atoms with Gasteiger partial charge in [0, 0.05) is 0 Å². The van der Waals surface area contributed by atoms with Crippen LogP contribution >= 0.6 is 0 Å². The van der Waals surface area contributed by atoms with Crippen LogP contribution in [-0.4, -0.2) is 10.1 Å². The van der Waals surface area contributed by atoms with E-state index in [-0.39, 0.29) is 0 Å². The van der Waals surface area contributed by atoms with E-state index in [2.05, 4.69) is 0 Å². The molecule has 0 N–H and O–H groups in total. The molecule has 0 aliphatic heterocycles. The van der Waals surface area contributed by atoms with Gasteiger partial charge in [-0.1, -0.05) is 0 Å². The van der Waals surface area contributed by atoms with E-state index >= 15 is 0 Å². The van der Waals surface area contributed by atoms with Gasteiger partial charge < -0.3 is 0 Å². The van der Waals surface area contributed by atoms with Crippen molar-refractivity contribution in [3.05, 3.63) is 32.7 Å². The standard InChI is InChI=1S/C8F10I/c9-1-2(10)4(12)6(5(13)3(1)11)19-8(17,18)7(14,15)16/q+1. The third-order valence-corrected chi connectivity index (χ3v) is 4.47. The molecule has 0 saturated carbocycles. The molecule has 0 aliphatic carbocycles. The van der Waals surface area contributed by atoms with Crippen LogP contribution < -0.4 is 21.2 Å². The Kier molecular flexibility index (Phi) is 4.27. The molecule has 0 bridgehead atoms. The molecule has 0 amide bonds. The molecular formula is C8F10I+. The van der Waals surface area contributed by atoms with Crippen LogP contribution in [0.2, 0.25) is 0 Å². The van der Waals surface area contributed by atoms with E-state index in [9.17, 15) is 43.9 Å². The third-order valence-electron chi connectivity index (χ3n) is 1.69. The van der Waals surface area contributed by atoms with Crippen molar-refractivity contribution in [2.24, 2.45) is 0 Å². The molecule has 1 rings (SSSR count). The summed E-state index contributed by atoms with van der Waals surface area (Å²) in [6.45, 7) is 0. The summed E-state index contributed by atoms with van der Waals surface area (Å²) in [5.41, 5.74) is 0. The molecule has 0 atom stereocenters. The number of hydrogen-bond acceptors (Lipinski definition) is 0. The molecule has 11 heteroatoms. The van der Waals surface area contributed by atoms with Gasteiger partial charge in [0.05, 0.1) is 0 Å². The first kappa shape index (κ1) is 16.3. The number of hydrogen-bond donors (Lipinski definition) is 0. The van der Waals surface area contributed by atoms with Crippen LogP contribution in [0.25, 0.3) is 0 Å². The van der Waals surface area contributed by atoms with Gasteiger partial charge in [-0.15, -0.1) is 8.78 Å². The van der Waals surface area contributed by atoms with Crippen molar-refractivity contribution in [3.63, 3.8) is 0 Å². The molecule has 0 aromatic heterocycles. The molecule has 0 fully saturated rings. The highest BCUT2D eigenvalue weighted by Crippen LogP contribution is 2.28. The molecule has 0 nitrogen and oxygen atoms in total. The minimum Gasteiger partial charge on any atom is -0.200 e. The highest BCUT2D eigenvalue weighted by Gasteiger charge is 2.71. The summed E-state index contributed by atoms with van der Waals surface area (Å²) in [7, 11) is 0. The summed E-state index contributed by atoms with van der Waals surface area (Å²) >= 11 is -3.85. The van der Waals surface area contributed by atoms with E-state index in [1.165, 1.54) is 0 Å². The maximum Gasteiger partial charge on any atom is 0.543 e. The first-order chi connectivity index (χ1) is 8.40. The minimum atomic E-state index is -6.14. The average Bonchev–Trinajstić information content (AvgIpc) is 2.28. The van der Waals surface area contributed by atoms with Crippen LogP contribution in [0.15, 0.2) is 0 Å². The lowest BCUT2D eigenvalue weighted by molar-refractivity contribution is -0.794. The van der Waals surface area contributed by atoms with Gasteiger partial charge in [0.15, 0.2) is 0 Å². The van der Waals surface area contributed by atoms with Crippen LogP contribution in [0.1, 0.15) is 0 Å². The molecule has 19 heavy (non-hydrogen) atoms. The third kappa shape index (κ3) is 2.89. The van der Waals surface area contributed by atoms with Gasteiger partial charge in [-0.3, -0.25) is 0 Å². The van der Waals surface area contributed by atoms with Crippen LogP contribution in [0, 0.1) is 32.7 Å². The molecule has 0 radical (unpaired) electrons. The van der Waals surface area contributed by atoms with Gasteiger partial charge in [0.1, 0.15) is 0 Å². The fourth-order valence-corrected chi connectivity index (χ4v) is 2.76. The molecular weight excluding hydrogens is 413 g/mol. The van der Waals surface area contributed by atoms with E-state index < -0.39 is 64.0 Å². The highest BCUT2D eigenvalue weighted by atomic mass is 127. The monoisotopic (exact) mass is 413 g/mol. The van der Waals surface area contributed by atoms with Crippen molar-refractivity contribution in [1.29, 1.82) is 0 Å². The predicted molar refractivity (Wildman–Crippen MR) is 35.9 cm³/mol. The van der Waals surface area contributed by atoms with E-state index in [4.69, 9.17) is 0 Å². The lowest BCUT2D eigenvalue weighted by Gasteiger charge is -2.08. The summed E-state index contributed by atoms with van der Waals surface area (Å²) < 4.78 is 117. The zero-order chi connectivity index (χ0) is 15.2. The van der Waals surface area contributed by atoms with Crippen molar-refractivity contribution in [2.45, 2.75) is 10.1 Å². The smallest absolute Gasteiger partial charge is 0.200 e. The Morgan fingerprint density at radius 3 is 1.21 bits per heavy atom. The maximum atomic E-state index is 12.9. The lowest BCUT2D eigenvalue weighted by Crippen LogP contribution is -3.68. The second-order valence-electron chi connectivity index (χ2n) is 2.97. The van der Waals surface area contributed by atoms with Gasteiger partial charge in [0.25, 0.3) is 3.57 Å². The fraction of sp³-hybridized carbons (Fsp3) is 0.250. The summed E-state index contributed by atoms with van der Waals surface area (Å²) in [6, 6.07) is 0. The normalized spacial score (nSPS) is 12.9. The van der Waals surface area contributed by atoms with Crippen molar-refractivity contribution in [1.82, 2.24) is 0 Å². The zero-order valence-electron chi connectivity index (χ0n) is 8.16. The second kappa shape index (κ2) is 4.98. The topological polar surface area (TPSA) is 0 Å². The van der Waals surface area contributed by atoms with E-state index in [1.54, 1.807) is 0 Å². The van der Waals surface area contributed by atoms with Gasteiger partial charge >= 0.3 is 31.3 Å². The Hall–Kier alpha value is -0.750. The van der Waals surface area contributed by atoms with Crippen molar-refractivity contribution in [3.8, 4) is 0 Å². The SMILES string of the molecule is Fc1c(F)c(F)c([I+]C(F)(F)C(F)(F)F)c(F)c1F. The molecule has 0 unspecified atom stereocenters. The molecule has 1 aromatic rings. The first-order valence-corrected chi connectivity index (χ1v) is 6.18. The largest absolute Gasteiger partial charge is 0.543 e. The molecule has 0 aliphatic rings. The van der Waals surface area contributed by atoms with E-state index in [0.717, 1.165) is 0 Å². The number of benzene rings is 1.